The third-order valence-corrected chi connectivity index (χ3v) is 2.28. The summed E-state index contributed by atoms with van der Waals surface area (Å²) in [7, 11) is 0. The molecule has 0 amide bonds. The minimum Gasteiger partial charge on any atom is -0.384 e. The van der Waals surface area contributed by atoms with Gasteiger partial charge in [-0.05, 0) is 12.0 Å². The number of rotatable bonds is 4. The first-order valence-electron chi connectivity index (χ1n) is 4.41. The standard InChI is InChI=1S/C11H13BrN2/c12-8-4-3-6-9-5-1-2-7-10(9)11(13)14/h1-3,5-7H,4,8H2,(H3,13,14). The monoisotopic (exact) mass is 252 g/mol. The van der Waals surface area contributed by atoms with Gasteiger partial charge in [0.05, 0.1) is 0 Å². The largest absolute Gasteiger partial charge is 0.384 e. The van der Waals surface area contributed by atoms with Crippen LogP contribution in [0.3, 0.4) is 0 Å². The number of nitrogens with two attached hydrogens (primary N) is 1. The van der Waals surface area contributed by atoms with Crippen LogP contribution in [0.5, 0.6) is 0 Å². The van der Waals surface area contributed by atoms with E-state index in [2.05, 4.69) is 22.0 Å². The maximum Gasteiger partial charge on any atom is 0.123 e. The molecule has 0 saturated carbocycles. The number of hydrogen-bond donors (Lipinski definition) is 2. The molecule has 3 heteroatoms. The number of hydrogen-bond acceptors (Lipinski definition) is 1. The summed E-state index contributed by atoms with van der Waals surface area (Å²) in [6.45, 7) is 0. The molecule has 0 heterocycles. The molecule has 0 aromatic heterocycles. The molecule has 0 aliphatic heterocycles. The van der Waals surface area contributed by atoms with Gasteiger partial charge in [-0.1, -0.05) is 52.3 Å². The molecule has 74 valence electrons. The number of amidine groups is 1. The second-order valence-corrected chi connectivity index (χ2v) is 3.67. The van der Waals surface area contributed by atoms with E-state index in [0.717, 1.165) is 22.9 Å². The van der Waals surface area contributed by atoms with Crippen LogP contribution in [0, 0.1) is 5.41 Å². The van der Waals surface area contributed by atoms with Crippen molar-refractivity contribution in [3.05, 3.63) is 41.5 Å². The molecule has 0 aliphatic carbocycles. The van der Waals surface area contributed by atoms with Crippen LogP contribution in [0.25, 0.3) is 6.08 Å². The van der Waals surface area contributed by atoms with Gasteiger partial charge in [-0.3, -0.25) is 5.41 Å². The van der Waals surface area contributed by atoms with Crippen LogP contribution in [0.2, 0.25) is 0 Å². The fourth-order valence-electron chi connectivity index (χ4n) is 1.16. The zero-order chi connectivity index (χ0) is 10.4. The van der Waals surface area contributed by atoms with E-state index in [9.17, 15) is 0 Å². The van der Waals surface area contributed by atoms with E-state index in [1.54, 1.807) is 0 Å². The van der Waals surface area contributed by atoms with Crippen LogP contribution in [0.4, 0.5) is 0 Å². The molecule has 1 rings (SSSR count). The minimum atomic E-state index is 0.115. The molecule has 0 atom stereocenters. The van der Waals surface area contributed by atoms with Gasteiger partial charge >= 0.3 is 0 Å². The summed E-state index contributed by atoms with van der Waals surface area (Å²) < 4.78 is 0. The van der Waals surface area contributed by atoms with Crippen molar-refractivity contribution in [1.82, 2.24) is 0 Å². The molecule has 1 aromatic carbocycles. The van der Waals surface area contributed by atoms with Crippen LogP contribution in [-0.4, -0.2) is 11.2 Å². The Hall–Kier alpha value is -1.09. The van der Waals surface area contributed by atoms with Gasteiger partial charge in [0.15, 0.2) is 0 Å². The van der Waals surface area contributed by atoms with Gasteiger partial charge in [0, 0.05) is 10.9 Å². The molecule has 1 aromatic rings. The summed E-state index contributed by atoms with van der Waals surface area (Å²) in [5, 5.41) is 8.34. The van der Waals surface area contributed by atoms with Gasteiger partial charge in [-0.2, -0.15) is 0 Å². The topological polar surface area (TPSA) is 49.9 Å². The van der Waals surface area contributed by atoms with Crippen molar-refractivity contribution in [2.24, 2.45) is 5.73 Å². The molecule has 0 fully saturated rings. The second kappa shape index (κ2) is 5.60. The Balaban J connectivity index is 2.90. The van der Waals surface area contributed by atoms with Gasteiger partial charge in [0.2, 0.25) is 0 Å². The average Bonchev–Trinajstić information content (AvgIpc) is 2.19. The summed E-state index contributed by atoms with van der Waals surface area (Å²) in [4.78, 5) is 0. The summed E-state index contributed by atoms with van der Waals surface area (Å²) in [5.41, 5.74) is 7.25. The highest BCUT2D eigenvalue weighted by molar-refractivity contribution is 9.09. The number of halogens is 1. The van der Waals surface area contributed by atoms with Gasteiger partial charge in [0.25, 0.3) is 0 Å². The van der Waals surface area contributed by atoms with Crippen molar-refractivity contribution in [2.75, 3.05) is 5.33 Å². The smallest absolute Gasteiger partial charge is 0.123 e. The Bertz CT molecular complexity index is 345. The molecule has 14 heavy (non-hydrogen) atoms. The van der Waals surface area contributed by atoms with Gasteiger partial charge in [0.1, 0.15) is 5.84 Å². The van der Waals surface area contributed by atoms with Crippen molar-refractivity contribution in [3.8, 4) is 0 Å². The number of benzene rings is 1. The highest BCUT2D eigenvalue weighted by Gasteiger charge is 1.99. The van der Waals surface area contributed by atoms with E-state index in [1.165, 1.54) is 0 Å². The number of nitrogens with one attached hydrogen (secondary N) is 1. The van der Waals surface area contributed by atoms with Gasteiger partial charge in [-0.25, -0.2) is 0 Å². The van der Waals surface area contributed by atoms with E-state index in [0.29, 0.717) is 0 Å². The fraction of sp³-hybridized carbons (Fsp3) is 0.182. The summed E-state index contributed by atoms with van der Waals surface area (Å²) >= 11 is 3.35. The van der Waals surface area contributed by atoms with Crippen LogP contribution in [-0.2, 0) is 0 Å². The van der Waals surface area contributed by atoms with Crippen molar-refractivity contribution < 1.29 is 0 Å². The fourth-order valence-corrected chi connectivity index (χ4v) is 1.43. The number of alkyl halides is 1. The average molecular weight is 253 g/mol. The lowest BCUT2D eigenvalue weighted by molar-refractivity contribution is 1.27. The van der Waals surface area contributed by atoms with E-state index in [-0.39, 0.29) is 5.84 Å². The molecule has 0 aliphatic rings. The Kier molecular flexibility index (Phi) is 4.40. The molecule has 0 bridgehead atoms. The number of nitrogen functional groups attached to an aromatic ring is 1. The predicted molar refractivity (Wildman–Crippen MR) is 64.9 cm³/mol. The Morgan fingerprint density at radius 2 is 2.14 bits per heavy atom. The maximum absolute atomic E-state index is 7.39. The van der Waals surface area contributed by atoms with E-state index < -0.39 is 0 Å². The van der Waals surface area contributed by atoms with E-state index in [1.807, 2.05) is 30.3 Å². The molecule has 3 N–H and O–H groups in total. The quantitative estimate of drug-likeness (QED) is 0.484. The first kappa shape index (κ1) is 11.0. The third kappa shape index (κ3) is 3.00. The van der Waals surface area contributed by atoms with Crippen LogP contribution in [0.1, 0.15) is 17.5 Å². The van der Waals surface area contributed by atoms with E-state index in [4.69, 9.17) is 11.1 Å². The zero-order valence-corrected chi connectivity index (χ0v) is 9.42. The molecular weight excluding hydrogens is 240 g/mol. The minimum absolute atomic E-state index is 0.115. The third-order valence-electron chi connectivity index (χ3n) is 1.82. The summed E-state index contributed by atoms with van der Waals surface area (Å²) in [6.07, 6.45) is 5.04. The molecule has 0 spiro atoms. The van der Waals surface area contributed by atoms with Gasteiger partial charge in [-0.15, -0.1) is 0 Å². The highest BCUT2D eigenvalue weighted by Crippen LogP contribution is 2.10. The lowest BCUT2D eigenvalue weighted by Gasteiger charge is -2.02. The SMILES string of the molecule is N=C(N)c1ccccc1C=CCCBr. The number of allylic oxidation sites excluding steroid dienone is 1. The first-order chi connectivity index (χ1) is 6.75. The van der Waals surface area contributed by atoms with Crippen LogP contribution < -0.4 is 5.73 Å². The Morgan fingerprint density at radius 3 is 2.79 bits per heavy atom. The molecule has 0 radical (unpaired) electrons. The normalized spacial score (nSPS) is 10.6. The van der Waals surface area contributed by atoms with E-state index >= 15 is 0 Å². The lowest BCUT2D eigenvalue weighted by atomic mass is 10.1. The zero-order valence-electron chi connectivity index (χ0n) is 7.83. The molecule has 0 saturated heterocycles. The van der Waals surface area contributed by atoms with Crippen LogP contribution >= 0.6 is 15.9 Å². The van der Waals surface area contributed by atoms with Gasteiger partial charge < -0.3 is 5.73 Å². The predicted octanol–water partition coefficient (Wildman–Crippen LogP) is 2.77. The van der Waals surface area contributed by atoms with Crippen LogP contribution in [0.15, 0.2) is 30.3 Å². The second-order valence-electron chi connectivity index (χ2n) is 2.88. The van der Waals surface area contributed by atoms with Crippen molar-refractivity contribution >= 4 is 27.8 Å². The van der Waals surface area contributed by atoms with Crippen molar-refractivity contribution in [1.29, 1.82) is 5.41 Å². The molecular formula is C11H13BrN2. The maximum atomic E-state index is 7.39. The summed E-state index contributed by atoms with van der Waals surface area (Å²) in [5.74, 6) is 0.115. The molecule has 2 nitrogen and oxygen atoms in total. The molecule has 0 unspecified atom stereocenters. The Labute approximate surface area is 92.5 Å². The Morgan fingerprint density at radius 1 is 1.43 bits per heavy atom. The van der Waals surface area contributed by atoms with Crippen molar-refractivity contribution in [3.63, 3.8) is 0 Å². The first-order valence-corrected chi connectivity index (χ1v) is 5.54. The lowest BCUT2D eigenvalue weighted by Crippen LogP contribution is -2.12. The summed E-state index contributed by atoms with van der Waals surface area (Å²) in [6, 6.07) is 7.65. The highest BCUT2D eigenvalue weighted by atomic mass is 79.9. The van der Waals surface area contributed by atoms with Crippen molar-refractivity contribution in [2.45, 2.75) is 6.42 Å².